The van der Waals surface area contributed by atoms with E-state index in [1.807, 2.05) is 25.1 Å². The van der Waals surface area contributed by atoms with Crippen molar-refractivity contribution >= 4 is 11.6 Å². The Morgan fingerprint density at radius 2 is 2.25 bits per heavy atom. The number of aryl methyl sites for hydroxylation is 1. The molecular formula is C16H24N2O2. The zero-order chi connectivity index (χ0) is 14.5. The third kappa shape index (κ3) is 4.05. The summed E-state index contributed by atoms with van der Waals surface area (Å²) in [6.07, 6.45) is 1.17. The molecule has 2 rings (SSSR count). The molecule has 1 aliphatic heterocycles. The van der Waals surface area contributed by atoms with Crippen LogP contribution in [0.2, 0.25) is 0 Å². The number of morpholine rings is 1. The Labute approximate surface area is 121 Å². The molecule has 0 aromatic heterocycles. The fraction of sp³-hybridized carbons (Fsp3) is 0.562. The molecule has 4 nitrogen and oxygen atoms in total. The van der Waals surface area contributed by atoms with Crippen molar-refractivity contribution in [2.45, 2.75) is 39.3 Å². The summed E-state index contributed by atoms with van der Waals surface area (Å²) in [5, 5.41) is 2.98. The van der Waals surface area contributed by atoms with Crippen molar-refractivity contribution in [1.82, 2.24) is 4.90 Å². The van der Waals surface area contributed by atoms with E-state index >= 15 is 0 Å². The van der Waals surface area contributed by atoms with Crippen LogP contribution in [0.1, 0.15) is 26.3 Å². The van der Waals surface area contributed by atoms with Crippen LogP contribution >= 0.6 is 0 Å². The first-order chi connectivity index (χ1) is 9.58. The van der Waals surface area contributed by atoms with Gasteiger partial charge in [-0.15, -0.1) is 0 Å². The first kappa shape index (κ1) is 15.0. The Morgan fingerprint density at radius 1 is 1.45 bits per heavy atom. The smallest absolute Gasteiger partial charge is 0.238 e. The first-order valence-electron chi connectivity index (χ1n) is 7.33. The number of carbonyl (C=O) groups excluding carboxylic acids is 1. The van der Waals surface area contributed by atoms with Crippen molar-refractivity contribution in [1.29, 1.82) is 0 Å². The maximum Gasteiger partial charge on any atom is 0.238 e. The molecule has 1 aromatic rings. The monoisotopic (exact) mass is 276 g/mol. The molecule has 1 aliphatic rings. The Bertz CT molecular complexity index is 462. The van der Waals surface area contributed by atoms with Crippen molar-refractivity contribution in [2.24, 2.45) is 0 Å². The molecule has 20 heavy (non-hydrogen) atoms. The fourth-order valence-corrected chi connectivity index (χ4v) is 2.45. The molecule has 4 heteroatoms. The van der Waals surface area contributed by atoms with E-state index < -0.39 is 0 Å². The molecule has 1 fully saturated rings. The van der Waals surface area contributed by atoms with E-state index in [0.29, 0.717) is 19.2 Å². The zero-order valence-corrected chi connectivity index (χ0v) is 12.6. The number of amides is 1. The Hall–Kier alpha value is -1.39. The van der Waals surface area contributed by atoms with E-state index in [9.17, 15) is 4.79 Å². The summed E-state index contributed by atoms with van der Waals surface area (Å²) in [6.45, 7) is 8.17. The molecule has 1 N–H and O–H groups in total. The molecule has 1 amide bonds. The lowest BCUT2D eigenvalue weighted by molar-refractivity contribution is -0.121. The highest BCUT2D eigenvalue weighted by molar-refractivity contribution is 5.92. The topological polar surface area (TPSA) is 41.6 Å². The second-order valence-corrected chi connectivity index (χ2v) is 5.52. The standard InChI is InChI=1S/C16H24N2O2/c1-4-14-6-5-7-15(8-14)17-16(19)10-18-9-13(3)20-11-12(18)2/h5-8,12-13H,4,9-11H2,1-3H3,(H,17,19). The number of benzene rings is 1. The number of hydrogen-bond acceptors (Lipinski definition) is 3. The SMILES string of the molecule is CCc1cccc(NC(=O)CN2CC(C)OCC2C)c1. The molecule has 0 aliphatic carbocycles. The number of ether oxygens (including phenoxy) is 1. The quantitative estimate of drug-likeness (QED) is 0.917. The van der Waals surface area contributed by atoms with Gasteiger partial charge in [-0.3, -0.25) is 9.69 Å². The molecule has 0 spiro atoms. The lowest BCUT2D eigenvalue weighted by atomic mass is 10.1. The minimum Gasteiger partial charge on any atom is -0.376 e. The molecule has 1 heterocycles. The minimum atomic E-state index is 0.0409. The summed E-state index contributed by atoms with van der Waals surface area (Å²) in [5.74, 6) is 0.0409. The van der Waals surface area contributed by atoms with E-state index in [1.165, 1.54) is 5.56 Å². The summed E-state index contributed by atoms with van der Waals surface area (Å²) in [6, 6.07) is 8.31. The largest absolute Gasteiger partial charge is 0.376 e. The maximum atomic E-state index is 12.1. The molecule has 0 bridgehead atoms. The molecule has 2 unspecified atom stereocenters. The van der Waals surface area contributed by atoms with Gasteiger partial charge in [0.15, 0.2) is 0 Å². The van der Waals surface area contributed by atoms with Gasteiger partial charge in [-0.05, 0) is 38.0 Å². The molecule has 2 atom stereocenters. The summed E-state index contributed by atoms with van der Waals surface area (Å²) in [5.41, 5.74) is 2.11. The number of hydrogen-bond donors (Lipinski definition) is 1. The van der Waals surface area contributed by atoms with E-state index in [4.69, 9.17) is 4.74 Å². The number of rotatable bonds is 4. The first-order valence-corrected chi connectivity index (χ1v) is 7.33. The molecule has 0 radical (unpaired) electrons. The second-order valence-electron chi connectivity index (χ2n) is 5.52. The van der Waals surface area contributed by atoms with Gasteiger partial charge in [0.25, 0.3) is 0 Å². The molecule has 0 saturated carbocycles. The van der Waals surface area contributed by atoms with Gasteiger partial charge in [0, 0.05) is 18.3 Å². The predicted octanol–water partition coefficient (Wildman–Crippen LogP) is 2.30. The van der Waals surface area contributed by atoms with Crippen LogP contribution in [-0.4, -0.2) is 42.6 Å². The summed E-state index contributed by atoms with van der Waals surface area (Å²) >= 11 is 0. The summed E-state index contributed by atoms with van der Waals surface area (Å²) < 4.78 is 5.58. The number of nitrogens with one attached hydrogen (secondary N) is 1. The third-order valence-electron chi connectivity index (χ3n) is 3.70. The van der Waals surface area contributed by atoms with Gasteiger partial charge in [0.2, 0.25) is 5.91 Å². The average Bonchev–Trinajstić information content (AvgIpc) is 2.43. The third-order valence-corrected chi connectivity index (χ3v) is 3.70. The van der Waals surface area contributed by atoms with E-state index in [2.05, 4.69) is 30.1 Å². The number of anilines is 1. The predicted molar refractivity (Wildman–Crippen MR) is 80.9 cm³/mol. The van der Waals surface area contributed by atoms with E-state index in [0.717, 1.165) is 18.7 Å². The summed E-state index contributed by atoms with van der Waals surface area (Å²) in [4.78, 5) is 14.3. The highest BCUT2D eigenvalue weighted by Crippen LogP contribution is 2.13. The van der Waals surface area contributed by atoms with Gasteiger partial charge in [-0.25, -0.2) is 0 Å². The minimum absolute atomic E-state index is 0.0409. The van der Waals surface area contributed by atoms with Crippen molar-refractivity contribution < 1.29 is 9.53 Å². The van der Waals surface area contributed by atoms with Crippen LogP contribution in [-0.2, 0) is 16.0 Å². The van der Waals surface area contributed by atoms with Crippen molar-refractivity contribution in [3.8, 4) is 0 Å². The average molecular weight is 276 g/mol. The van der Waals surface area contributed by atoms with Crippen LogP contribution in [0.25, 0.3) is 0 Å². The van der Waals surface area contributed by atoms with Crippen LogP contribution in [0.15, 0.2) is 24.3 Å². The van der Waals surface area contributed by atoms with Gasteiger partial charge in [0.1, 0.15) is 0 Å². The number of nitrogens with zero attached hydrogens (tertiary/aromatic N) is 1. The van der Waals surface area contributed by atoms with Crippen LogP contribution in [0.3, 0.4) is 0 Å². The molecule has 1 saturated heterocycles. The fourth-order valence-electron chi connectivity index (χ4n) is 2.45. The van der Waals surface area contributed by atoms with Crippen LogP contribution in [0.4, 0.5) is 5.69 Å². The molecule has 110 valence electrons. The lowest BCUT2D eigenvalue weighted by Gasteiger charge is -2.36. The second kappa shape index (κ2) is 6.86. The maximum absolute atomic E-state index is 12.1. The van der Waals surface area contributed by atoms with E-state index in [1.54, 1.807) is 0 Å². The van der Waals surface area contributed by atoms with Crippen molar-refractivity contribution in [3.05, 3.63) is 29.8 Å². The molecular weight excluding hydrogens is 252 g/mol. The lowest BCUT2D eigenvalue weighted by Crippen LogP contribution is -2.50. The van der Waals surface area contributed by atoms with Gasteiger partial charge in [0.05, 0.1) is 19.3 Å². The van der Waals surface area contributed by atoms with Crippen molar-refractivity contribution in [3.63, 3.8) is 0 Å². The van der Waals surface area contributed by atoms with Crippen LogP contribution < -0.4 is 5.32 Å². The van der Waals surface area contributed by atoms with Gasteiger partial charge in [-0.2, -0.15) is 0 Å². The Kier molecular flexibility index (Phi) is 5.15. The van der Waals surface area contributed by atoms with E-state index in [-0.39, 0.29) is 12.0 Å². The highest BCUT2D eigenvalue weighted by Gasteiger charge is 2.24. The number of carbonyl (C=O) groups is 1. The summed E-state index contributed by atoms with van der Waals surface area (Å²) in [7, 11) is 0. The highest BCUT2D eigenvalue weighted by atomic mass is 16.5. The van der Waals surface area contributed by atoms with Gasteiger partial charge >= 0.3 is 0 Å². The van der Waals surface area contributed by atoms with Crippen LogP contribution in [0.5, 0.6) is 0 Å². The molecule has 1 aromatic carbocycles. The Morgan fingerprint density at radius 3 is 3.00 bits per heavy atom. The van der Waals surface area contributed by atoms with Crippen molar-refractivity contribution in [2.75, 3.05) is 25.0 Å². The van der Waals surface area contributed by atoms with Crippen LogP contribution in [0, 0.1) is 0 Å². The van der Waals surface area contributed by atoms with Gasteiger partial charge in [-0.1, -0.05) is 19.1 Å². The normalized spacial score (nSPS) is 23.6. The van der Waals surface area contributed by atoms with Gasteiger partial charge < -0.3 is 10.1 Å². The Balaban J connectivity index is 1.91. The zero-order valence-electron chi connectivity index (χ0n) is 12.6.